The highest BCUT2D eigenvalue weighted by atomic mass is 16.5. The fourth-order valence-corrected chi connectivity index (χ4v) is 3.14. The molecule has 36 heavy (non-hydrogen) atoms. The van der Waals surface area contributed by atoms with Crippen molar-refractivity contribution in [2.24, 2.45) is 5.10 Å². The van der Waals surface area contributed by atoms with Crippen LogP contribution in [0.2, 0.25) is 0 Å². The maximum Gasteiger partial charge on any atom is 0.329 e. The molecule has 186 valence electrons. The first-order chi connectivity index (χ1) is 17.5. The molecule has 0 aromatic heterocycles. The van der Waals surface area contributed by atoms with E-state index in [0.717, 1.165) is 17.7 Å². The number of nitrogens with zero attached hydrogens (tertiary/aromatic N) is 1. The second kappa shape index (κ2) is 13.3. The molecule has 0 unspecified atom stereocenters. The molecule has 3 aromatic carbocycles. The summed E-state index contributed by atoms with van der Waals surface area (Å²) in [5, 5.41) is 9.15. The normalized spacial score (nSPS) is 10.5. The summed E-state index contributed by atoms with van der Waals surface area (Å²) in [4.78, 5) is 36.2. The van der Waals surface area contributed by atoms with Crippen molar-refractivity contribution in [3.05, 3.63) is 83.9 Å². The summed E-state index contributed by atoms with van der Waals surface area (Å²) >= 11 is 0. The maximum absolute atomic E-state index is 12.1. The highest BCUT2D eigenvalue weighted by Crippen LogP contribution is 2.17. The van der Waals surface area contributed by atoms with Crippen LogP contribution in [0.3, 0.4) is 0 Å². The van der Waals surface area contributed by atoms with E-state index in [1.165, 1.54) is 6.21 Å². The minimum absolute atomic E-state index is 0.160. The van der Waals surface area contributed by atoms with Gasteiger partial charge in [0.2, 0.25) is 0 Å². The number of nitrogens with one attached hydrogen (secondary N) is 3. The first-order valence-corrected chi connectivity index (χ1v) is 11.5. The van der Waals surface area contributed by atoms with Gasteiger partial charge in [-0.25, -0.2) is 5.43 Å². The van der Waals surface area contributed by atoms with Crippen molar-refractivity contribution in [3.8, 4) is 11.5 Å². The number of hydrogen-bond acceptors (Lipinski definition) is 6. The summed E-state index contributed by atoms with van der Waals surface area (Å²) < 4.78 is 10.9. The van der Waals surface area contributed by atoms with Crippen molar-refractivity contribution in [1.29, 1.82) is 0 Å². The van der Waals surface area contributed by atoms with Crippen LogP contribution in [-0.2, 0) is 20.8 Å². The van der Waals surface area contributed by atoms with Gasteiger partial charge in [-0.05, 0) is 79.1 Å². The predicted molar refractivity (Wildman–Crippen MR) is 138 cm³/mol. The Kier molecular flexibility index (Phi) is 9.58. The molecule has 9 heteroatoms. The van der Waals surface area contributed by atoms with Gasteiger partial charge in [0, 0.05) is 11.4 Å². The van der Waals surface area contributed by atoms with Crippen LogP contribution in [0.4, 0.5) is 11.4 Å². The molecule has 0 radical (unpaired) electrons. The first-order valence-electron chi connectivity index (χ1n) is 11.5. The van der Waals surface area contributed by atoms with Crippen LogP contribution < -0.4 is 25.5 Å². The fourth-order valence-electron chi connectivity index (χ4n) is 3.14. The Bertz CT molecular complexity index is 1210. The van der Waals surface area contributed by atoms with Crippen molar-refractivity contribution >= 4 is 35.3 Å². The van der Waals surface area contributed by atoms with Crippen LogP contribution in [0, 0.1) is 0 Å². The van der Waals surface area contributed by atoms with E-state index in [0.29, 0.717) is 29.3 Å². The van der Waals surface area contributed by atoms with Gasteiger partial charge in [0.05, 0.1) is 12.8 Å². The minimum Gasteiger partial charge on any atom is -0.494 e. The largest absolute Gasteiger partial charge is 0.494 e. The Labute approximate surface area is 209 Å². The van der Waals surface area contributed by atoms with E-state index in [4.69, 9.17) is 9.47 Å². The number of anilines is 2. The number of rotatable bonds is 10. The van der Waals surface area contributed by atoms with Gasteiger partial charge in [-0.15, -0.1) is 0 Å². The first kappa shape index (κ1) is 26.0. The Morgan fingerprint density at radius 2 is 1.47 bits per heavy atom. The highest BCUT2D eigenvalue weighted by Gasteiger charge is 2.14. The fraction of sp³-hybridized carbons (Fsp3) is 0.185. The lowest BCUT2D eigenvalue weighted by atomic mass is 10.1. The number of hydrazone groups is 1. The topological polar surface area (TPSA) is 118 Å². The zero-order valence-corrected chi connectivity index (χ0v) is 20.1. The summed E-state index contributed by atoms with van der Waals surface area (Å²) in [7, 11) is 0. The summed E-state index contributed by atoms with van der Waals surface area (Å²) in [5.41, 5.74) is 5.03. The molecule has 0 bridgehead atoms. The number of carbonyl (C=O) groups is 3. The molecule has 3 N–H and O–H groups in total. The standard InChI is InChI=1S/C27H28N4O5/c1-3-20-7-5-6-8-24(20)30-26(33)27(34)31-28-17-19-9-13-23(14-10-19)36-18-25(32)29-21-11-15-22(16-12-21)35-4-2/h5-17H,3-4,18H2,1-2H3,(H,29,32)(H,30,33)(H,31,34)/b28-17-. The van der Waals surface area contributed by atoms with Crippen LogP contribution in [0.25, 0.3) is 0 Å². The smallest absolute Gasteiger partial charge is 0.329 e. The lowest BCUT2D eigenvalue weighted by Crippen LogP contribution is -2.32. The molecule has 0 aliphatic heterocycles. The van der Waals surface area contributed by atoms with Crippen LogP contribution in [0.15, 0.2) is 77.9 Å². The van der Waals surface area contributed by atoms with Crippen molar-refractivity contribution < 1.29 is 23.9 Å². The number of para-hydroxylation sites is 1. The zero-order valence-electron chi connectivity index (χ0n) is 20.1. The van der Waals surface area contributed by atoms with E-state index in [-0.39, 0.29) is 12.5 Å². The van der Waals surface area contributed by atoms with Gasteiger partial charge in [0.1, 0.15) is 11.5 Å². The molecule has 0 saturated carbocycles. The molecule has 0 saturated heterocycles. The van der Waals surface area contributed by atoms with Gasteiger partial charge < -0.3 is 20.1 Å². The lowest BCUT2D eigenvalue weighted by molar-refractivity contribution is -0.136. The van der Waals surface area contributed by atoms with Gasteiger partial charge in [-0.3, -0.25) is 14.4 Å². The molecule has 3 amide bonds. The molecule has 0 aliphatic carbocycles. The number of amides is 3. The monoisotopic (exact) mass is 488 g/mol. The van der Waals surface area contributed by atoms with Crippen LogP contribution in [-0.4, -0.2) is 37.1 Å². The average molecular weight is 489 g/mol. The van der Waals surface area contributed by atoms with E-state index in [9.17, 15) is 14.4 Å². The second-order valence-corrected chi connectivity index (χ2v) is 7.53. The highest BCUT2D eigenvalue weighted by molar-refractivity contribution is 6.39. The number of carbonyl (C=O) groups excluding carboxylic acids is 3. The summed E-state index contributed by atoms with van der Waals surface area (Å²) in [6, 6.07) is 21.1. The number of ether oxygens (including phenoxy) is 2. The van der Waals surface area contributed by atoms with Gasteiger partial charge >= 0.3 is 11.8 Å². The van der Waals surface area contributed by atoms with Gasteiger partial charge in [-0.2, -0.15) is 5.10 Å². The summed E-state index contributed by atoms with van der Waals surface area (Å²) in [6.07, 6.45) is 2.12. The quantitative estimate of drug-likeness (QED) is 0.228. The molecule has 0 atom stereocenters. The van der Waals surface area contributed by atoms with Gasteiger partial charge in [0.15, 0.2) is 6.61 Å². The lowest BCUT2D eigenvalue weighted by Gasteiger charge is -2.09. The third-order valence-electron chi connectivity index (χ3n) is 4.93. The molecule has 0 spiro atoms. The third-order valence-corrected chi connectivity index (χ3v) is 4.93. The van der Waals surface area contributed by atoms with E-state index >= 15 is 0 Å². The van der Waals surface area contributed by atoms with Crippen LogP contribution >= 0.6 is 0 Å². The minimum atomic E-state index is -0.879. The van der Waals surface area contributed by atoms with E-state index in [1.807, 2.05) is 26.0 Å². The van der Waals surface area contributed by atoms with Gasteiger partial charge in [0.25, 0.3) is 5.91 Å². The molecule has 0 fully saturated rings. The molecule has 0 heterocycles. The van der Waals surface area contributed by atoms with Crippen molar-refractivity contribution in [2.75, 3.05) is 23.8 Å². The third kappa shape index (κ3) is 7.98. The summed E-state index contributed by atoms with van der Waals surface area (Å²) in [5.74, 6) is -0.758. The Hall–Kier alpha value is -4.66. The van der Waals surface area contributed by atoms with Gasteiger partial charge in [-0.1, -0.05) is 25.1 Å². The molecular formula is C27H28N4O5. The molecule has 3 rings (SSSR count). The van der Waals surface area contributed by atoms with Crippen molar-refractivity contribution in [3.63, 3.8) is 0 Å². The zero-order chi connectivity index (χ0) is 25.8. The average Bonchev–Trinajstić information content (AvgIpc) is 2.89. The maximum atomic E-state index is 12.1. The van der Waals surface area contributed by atoms with E-state index in [1.54, 1.807) is 60.7 Å². The Balaban J connectivity index is 1.42. The number of aryl methyl sites for hydroxylation is 1. The second-order valence-electron chi connectivity index (χ2n) is 7.53. The molecular weight excluding hydrogens is 460 g/mol. The Morgan fingerprint density at radius 3 is 2.17 bits per heavy atom. The van der Waals surface area contributed by atoms with E-state index in [2.05, 4.69) is 21.2 Å². The van der Waals surface area contributed by atoms with Crippen LogP contribution in [0.5, 0.6) is 11.5 Å². The van der Waals surface area contributed by atoms with E-state index < -0.39 is 11.8 Å². The van der Waals surface area contributed by atoms with Crippen molar-refractivity contribution in [2.45, 2.75) is 20.3 Å². The molecule has 3 aromatic rings. The number of hydrogen-bond donors (Lipinski definition) is 3. The van der Waals surface area contributed by atoms with Crippen LogP contribution in [0.1, 0.15) is 25.0 Å². The number of benzene rings is 3. The Morgan fingerprint density at radius 1 is 0.806 bits per heavy atom. The SMILES string of the molecule is CCOc1ccc(NC(=O)COc2ccc(/C=N\NC(=O)C(=O)Nc3ccccc3CC)cc2)cc1. The molecule has 9 nitrogen and oxygen atoms in total. The van der Waals surface area contributed by atoms with Crippen molar-refractivity contribution in [1.82, 2.24) is 5.43 Å². The summed E-state index contributed by atoms with van der Waals surface area (Å²) in [6.45, 7) is 4.28. The predicted octanol–water partition coefficient (Wildman–Crippen LogP) is 3.75. The molecule has 0 aliphatic rings.